The monoisotopic (exact) mass is 342 g/mol. The fourth-order valence-corrected chi connectivity index (χ4v) is 2.96. The Bertz CT molecular complexity index is 844. The minimum absolute atomic E-state index is 0.0552. The maximum atomic E-state index is 14.3. The standard InChI is InChI=1S/C11H8BrFN4OS/c1-2-19-11-15-8-6(10(18)16-11)5-3-4-14-17(5)9(12)7(8)13/h3-4H,2H2,1H3,(H,15,16,18). The summed E-state index contributed by atoms with van der Waals surface area (Å²) in [6.07, 6.45) is 1.51. The van der Waals surface area contributed by atoms with E-state index in [4.69, 9.17) is 0 Å². The summed E-state index contributed by atoms with van der Waals surface area (Å²) in [6, 6.07) is 1.65. The topological polar surface area (TPSA) is 63.1 Å². The number of rotatable bonds is 2. The van der Waals surface area contributed by atoms with Crippen molar-refractivity contribution in [1.29, 1.82) is 0 Å². The minimum Gasteiger partial charge on any atom is -0.301 e. The Labute approximate surface area is 119 Å². The molecule has 98 valence electrons. The number of hydrogen-bond donors (Lipinski definition) is 1. The molecule has 0 saturated carbocycles. The van der Waals surface area contributed by atoms with Crippen LogP contribution in [0.5, 0.6) is 0 Å². The van der Waals surface area contributed by atoms with E-state index < -0.39 is 5.82 Å². The summed E-state index contributed by atoms with van der Waals surface area (Å²) >= 11 is 4.49. The average Bonchev–Trinajstić information content (AvgIpc) is 2.85. The quantitative estimate of drug-likeness (QED) is 0.441. The number of thioether (sulfide) groups is 1. The molecule has 0 amide bonds. The number of aromatic amines is 1. The lowest BCUT2D eigenvalue weighted by atomic mass is 10.2. The van der Waals surface area contributed by atoms with Gasteiger partial charge in [0.15, 0.2) is 11.0 Å². The van der Waals surface area contributed by atoms with Crippen molar-refractivity contribution in [3.8, 4) is 0 Å². The largest absolute Gasteiger partial charge is 0.301 e. The highest BCUT2D eigenvalue weighted by Gasteiger charge is 2.18. The first-order chi connectivity index (χ1) is 9.13. The highest BCUT2D eigenvalue weighted by Crippen LogP contribution is 2.26. The number of halogens is 2. The van der Waals surface area contributed by atoms with Gasteiger partial charge in [-0.2, -0.15) is 5.10 Å². The van der Waals surface area contributed by atoms with Crippen LogP contribution in [0.4, 0.5) is 4.39 Å². The molecule has 3 rings (SSSR count). The van der Waals surface area contributed by atoms with Crippen molar-refractivity contribution in [2.75, 3.05) is 5.75 Å². The zero-order valence-corrected chi connectivity index (χ0v) is 12.2. The Hall–Kier alpha value is -1.41. The van der Waals surface area contributed by atoms with Crippen LogP contribution in [0.2, 0.25) is 0 Å². The van der Waals surface area contributed by atoms with E-state index >= 15 is 0 Å². The fraction of sp³-hybridized carbons (Fsp3) is 0.182. The first kappa shape index (κ1) is 12.6. The molecule has 0 aliphatic carbocycles. The fourth-order valence-electron chi connectivity index (χ4n) is 1.89. The Morgan fingerprint density at radius 3 is 3.11 bits per heavy atom. The second kappa shape index (κ2) is 4.61. The number of aromatic nitrogens is 4. The summed E-state index contributed by atoms with van der Waals surface area (Å²) in [5.74, 6) is 0.154. The molecule has 0 saturated heterocycles. The van der Waals surface area contributed by atoms with Crippen molar-refractivity contribution < 1.29 is 4.39 Å². The molecule has 3 aromatic rings. The molecule has 0 fully saturated rings. The summed E-state index contributed by atoms with van der Waals surface area (Å²) in [5, 5.41) is 4.59. The third-order valence-electron chi connectivity index (χ3n) is 2.65. The molecule has 1 N–H and O–H groups in total. The zero-order chi connectivity index (χ0) is 13.6. The summed E-state index contributed by atoms with van der Waals surface area (Å²) in [4.78, 5) is 18.9. The Kier molecular flexibility index (Phi) is 3.06. The second-order valence-electron chi connectivity index (χ2n) is 3.76. The smallest absolute Gasteiger partial charge is 0.261 e. The molecule has 3 aromatic heterocycles. The third kappa shape index (κ3) is 1.86. The lowest BCUT2D eigenvalue weighted by Gasteiger charge is -2.06. The van der Waals surface area contributed by atoms with E-state index in [1.54, 1.807) is 6.07 Å². The summed E-state index contributed by atoms with van der Waals surface area (Å²) < 4.78 is 15.8. The molecule has 5 nitrogen and oxygen atoms in total. The van der Waals surface area contributed by atoms with Crippen LogP contribution in [0.3, 0.4) is 0 Å². The van der Waals surface area contributed by atoms with Crippen LogP contribution >= 0.6 is 27.7 Å². The Morgan fingerprint density at radius 1 is 1.58 bits per heavy atom. The van der Waals surface area contributed by atoms with Gasteiger partial charge in [-0.15, -0.1) is 0 Å². The van der Waals surface area contributed by atoms with Crippen LogP contribution in [0.1, 0.15) is 6.92 Å². The maximum absolute atomic E-state index is 14.3. The number of nitrogens with zero attached hydrogens (tertiary/aromatic N) is 3. The van der Waals surface area contributed by atoms with Crippen LogP contribution < -0.4 is 5.56 Å². The number of H-pyrrole nitrogens is 1. The van der Waals surface area contributed by atoms with Crippen LogP contribution in [-0.2, 0) is 0 Å². The summed E-state index contributed by atoms with van der Waals surface area (Å²) in [7, 11) is 0. The van der Waals surface area contributed by atoms with E-state index in [-0.39, 0.29) is 21.1 Å². The molecule has 0 bridgehead atoms. The SMILES string of the molecule is CCSc1nc2c(F)c(Br)n3nccc3c2c(=O)[nH]1. The second-order valence-corrected chi connectivity index (χ2v) is 5.76. The van der Waals surface area contributed by atoms with Gasteiger partial charge < -0.3 is 4.98 Å². The molecule has 0 aromatic carbocycles. The Morgan fingerprint density at radius 2 is 2.37 bits per heavy atom. The van der Waals surface area contributed by atoms with E-state index in [2.05, 4.69) is 31.0 Å². The molecule has 19 heavy (non-hydrogen) atoms. The van der Waals surface area contributed by atoms with Gasteiger partial charge >= 0.3 is 0 Å². The minimum atomic E-state index is -0.588. The van der Waals surface area contributed by atoms with Gasteiger partial charge in [0.2, 0.25) is 0 Å². The van der Waals surface area contributed by atoms with Crippen molar-refractivity contribution in [2.24, 2.45) is 0 Å². The molecule has 0 unspecified atom stereocenters. The lowest BCUT2D eigenvalue weighted by Crippen LogP contribution is -2.12. The number of nitrogens with one attached hydrogen (secondary N) is 1. The van der Waals surface area contributed by atoms with Gasteiger partial charge in [-0.1, -0.05) is 18.7 Å². The van der Waals surface area contributed by atoms with Gasteiger partial charge in [-0.25, -0.2) is 13.9 Å². The average molecular weight is 343 g/mol. The van der Waals surface area contributed by atoms with Crippen molar-refractivity contribution >= 4 is 44.1 Å². The molecule has 3 heterocycles. The summed E-state index contributed by atoms with van der Waals surface area (Å²) in [5.41, 5.74) is 0.211. The predicted octanol–water partition coefficient (Wildman–Crippen LogP) is 2.58. The van der Waals surface area contributed by atoms with Gasteiger partial charge in [-0.05, 0) is 27.7 Å². The third-order valence-corrected chi connectivity index (χ3v) is 4.09. The van der Waals surface area contributed by atoms with E-state index in [1.807, 2.05) is 6.92 Å². The predicted molar refractivity (Wildman–Crippen MR) is 75.2 cm³/mol. The number of fused-ring (bicyclic) bond motifs is 3. The number of hydrogen-bond acceptors (Lipinski definition) is 4. The first-order valence-electron chi connectivity index (χ1n) is 5.51. The Balaban J connectivity index is 2.53. The van der Waals surface area contributed by atoms with E-state index in [0.717, 1.165) is 5.75 Å². The highest BCUT2D eigenvalue weighted by atomic mass is 79.9. The molecule has 0 spiro atoms. The van der Waals surface area contributed by atoms with Gasteiger partial charge in [0.25, 0.3) is 5.56 Å². The molecule has 8 heteroatoms. The molecular formula is C11H8BrFN4OS. The van der Waals surface area contributed by atoms with E-state index in [1.165, 1.54) is 22.5 Å². The molecular weight excluding hydrogens is 335 g/mol. The van der Waals surface area contributed by atoms with Gasteiger partial charge in [0.1, 0.15) is 10.1 Å². The van der Waals surface area contributed by atoms with Crippen LogP contribution in [0, 0.1) is 5.82 Å². The highest BCUT2D eigenvalue weighted by molar-refractivity contribution is 9.10. The molecule has 0 aliphatic rings. The lowest BCUT2D eigenvalue weighted by molar-refractivity contribution is 0.612. The van der Waals surface area contributed by atoms with Crippen LogP contribution in [0.15, 0.2) is 26.8 Å². The molecule has 0 aliphatic heterocycles. The molecule has 0 atom stereocenters. The summed E-state index contributed by atoms with van der Waals surface area (Å²) in [6.45, 7) is 1.93. The number of pyridine rings is 1. The van der Waals surface area contributed by atoms with Gasteiger partial charge in [0, 0.05) is 0 Å². The van der Waals surface area contributed by atoms with Gasteiger partial charge in [0.05, 0.1) is 17.1 Å². The normalized spacial score (nSPS) is 11.5. The molecule has 0 radical (unpaired) electrons. The van der Waals surface area contributed by atoms with Crippen molar-refractivity contribution in [2.45, 2.75) is 12.1 Å². The van der Waals surface area contributed by atoms with Crippen molar-refractivity contribution in [3.63, 3.8) is 0 Å². The van der Waals surface area contributed by atoms with Gasteiger partial charge in [-0.3, -0.25) is 4.79 Å². The van der Waals surface area contributed by atoms with Crippen LogP contribution in [0.25, 0.3) is 16.4 Å². The van der Waals surface area contributed by atoms with Crippen LogP contribution in [-0.4, -0.2) is 25.3 Å². The van der Waals surface area contributed by atoms with E-state index in [9.17, 15) is 9.18 Å². The first-order valence-corrected chi connectivity index (χ1v) is 7.29. The van der Waals surface area contributed by atoms with Crippen molar-refractivity contribution in [3.05, 3.63) is 33.0 Å². The van der Waals surface area contributed by atoms with E-state index in [0.29, 0.717) is 10.7 Å². The van der Waals surface area contributed by atoms with Crippen molar-refractivity contribution in [1.82, 2.24) is 19.6 Å². The zero-order valence-electron chi connectivity index (χ0n) is 9.78. The maximum Gasteiger partial charge on any atom is 0.261 e.